The van der Waals surface area contributed by atoms with Crippen molar-refractivity contribution in [3.8, 4) is 0 Å². The summed E-state index contributed by atoms with van der Waals surface area (Å²) in [7, 11) is 0. The third kappa shape index (κ3) is 3.18. The smallest absolute Gasteiger partial charge is 0.00953 e. The minimum atomic E-state index is 0.878. The van der Waals surface area contributed by atoms with E-state index < -0.39 is 0 Å². The Balaban J connectivity index is 1.86. The number of nitrogens with zero attached hydrogens (tertiary/aromatic N) is 1. The first kappa shape index (κ1) is 11.4. The zero-order valence-electron chi connectivity index (χ0n) is 9.96. The molecule has 1 saturated carbocycles. The number of nitrogens with two attached hydrogens (primary N) is 1. The van der Waals surface area contributed by atoms with Gasteiger partial charge in [0.25, 0.3) is 0 Å². The van der Waals surface area contributed by atoms with Gasteiger partial charge in [-0.1, -0.05) is 19.3 Å². The Kier molecular flexibility index (Phi) is 4.45. The van der Waals surface area contributed by atoms with E-state index >= 15 is 0 Å². The molecule has 0 bridgehead atoms. The zero-order chi connectivity index (χ0) is 10.5. The van der Waals surface area contributed by atoms with Crippen LogP contribution >= 0.6 is 0 Å². The molecule has 1 atom stereocenters. The van der Waals surface area contributed by atoms with Crippen molar-refractivity contribution in [2.24, 2.45) is 11.7 Å². The van der Waals surface area contributed by atoms with Crippen molar-refractivity contribution in [2.45, 2.75) is 57.4 Å². The van der Waals surface area contributed by atoms with Gasteiger partial charge in [-0.05, 0) is 51.1 Å². The summed E-state index contributed by atoms with van der Waals surface area (Å²) < 4.78 is 0. The molecule has 0 amide bonds. The molecule has 2 rings (SSSR count). The molecule has 1 aliphatic carbocycles. The summed E-state index contributed by atoms with van der Waals surface area (Å²) in [6.07, 6.45) is 11.3. The van der Waals surface area contributed by atoms with E-state index in [9.17, 15) is 0 Å². The highest BCUT2D eigenvalue weighted by atomic mass is 15.2. The molecule has 2 fully saturated rings. The third-order valence-corrected chi connectivity index (χ3v) is 4.22. The summed E-state index contributed by atoms with van der Waals surface area (Å²) in [6, 6.07) is 0.920. The molecule has 15 heavy (non-hydrogen) atoms. The number of rotatable bonds is 3. The molecule has 1 unspecified atom stereocenters. The minimum absolute atomic E-state index is 0.878. The van der Waals surface area contributed by atoms with Crippen molar-refractivity contribution in [2.75, 3.05) is 19.6 Å². The molecule has 2 aliphatic rings. The van der Waals surface area contributed by atoms with Crippen LogP contribution < -0.4 is 5.73 Å². The molecule has 0 aromatic rings. The Hall–Kier alpha value is -0.0800. The van der Waals surface area contributed by atoms with Crippen LogP contribution in [0.2, 0.25) is 0 Å². The van der Waals surface area contributed by atoms with Gasteiger partial charge in [-0.2, -0.15) is 0 Å². The van der Waals surface area contributed by atoms with Crippen molar-refractivity contribution in [3.05, 3.63) is 0 Å². The van der Waals surface area contributed by atoms with E-state index in [-0.39, 0.29) is 0 Å². The molecule has 0 aromatic carbocycles. The highest BCUT2D eigenvalue weighted by molar-refractivity contribution is 4.81. The average Bonchev–Trinajstić information content (AvgIpc) is 2.67. The van der Waals surface area contributed by atoms with Crippen LogP contribution in [-0.4, -0.2) is 30.6 Å². The van der Waals surface area contributed by atoms with Gasteiger partial charge in [0.1, 0.15) is 0 Å². The molecule has 0 spiro atoms. The van der Waals surface area contributed by atoms with E-state index in [1.165, 1.54) is 64.5 Å². The molecular weight excluding hydrogens is 184 g/mol. The van der Waals surface area contributed by atoms with E-state index in [1.807, 2.05) is 0 Å². The Labute approximate surface area is 94.2 Å². The van der Waals surface area contributed by atoms with Crippen LogP contribution in [0.3, 0.4) is 0 Å². The summed E-state index contributed by atoms with van der Waals surface area (Å²) >= 11 is 0. The quantitative estimate of drug-likeness (QED) is 0.775. The normalized spacial score (nSPS) is 30.6. The predicted octanol–water partition coefficient (Wildman–Crippen LogP) is 2.38. The highest BCUT2D eigenvalue weighted by Gasteiger charge is 2.26. The summed E-state index contributed by atoms with van der Waals surface area (Å²) in [5, 5.41) is 0. The Morgan fingerprint density at radius 2 is 1.73 bits per heavy atom. The van der Waals surface area contributed by atoms with Crippen molar-refractivity contribution in [1.82, 2.24) is 4.90 Å². The average molecular weight is 210 g/mol. The lowest BCUT2D eigenvalue weighted by Crippen LogP contribution is -2.36. The van der Waals surface area contributed by atoms with Gasteiger partial charge in [-0.15, -0.1) is 0 Å². The summed E-state index contributed by atoms with van der Waals surface area (Å²) in [6.45, 7) is 3.57. The second kappa shape index (κ2) is 5.86. The van der Waals surface area contributed by atoms with Gasteiger partial charge in [0.05, 0.1) is 0 Å². The topological polar surface area (TPSA) is 29.3 Å². The fraction of sp³-hybridized carbons (Fsp3) is 1.00. The SMILES string of the molecule is NCCC1CCCCN(C2CCCC2)C1. The maximum Gasteiger partial charge on any atom is 0.00953 e. The molecule has 1 saturated heterocycles. The first-order valence-electron chi connectivity index (χ1n) is 6.84. The fourth-order valence-electron chi connectivity index (χ4n) is 3.33. The molecule has 2 N–H and O–H groups in total. The summed E-state index contributed by atoms with van der Waals surface area (Å²) in [5.74, 6) is 0.887. The predicted molar refractivity (Wildman–Crippen MR) is 64.8 cm³/mol. The van der Waals surface area contributed by atoms with E-state index in [1.54, 1.807) is 0 Å². The van der Waals surface area contributed by atoms with E-state index in [4.69, 9.17) is 5.73 Å². The van der Waals surface area contributed by atoms with Crippen LogP contribution in [0, 0.1) is 5.92 Å². The maximum atomic E-state index is 5.69. The van der Waals surface area contributed by atoms with Crippen LogP contribution in [-0.2, 0) is 0 Å². The Bertz CT molecular complexity index is 175. The largest absolute Gasteiger partial charge is 0.330 e. The number of hydrogen-bond donors (Lipinski definition) is 1. The van der Waals surface area contributed by atoms with E-state index in [0.717, 1.165) is 18.5 Å². The van der Waals surface area contributed by atoms with Gasteiger partial charge in [0, 0.05) is 12.6 Å². The van der Waals surface area contributed by atoms with Crippen LogP contribution in [0.15, 0.2) is 0 Å². The Morgan fingerprint density at radius 1 is 1.00 bits per heavy atom. The van der Waals surface area contributed by atoms with Crippen molar-refractivity contribution >= 4 is 0 Å². The first-order chi connectivity index (χ1) is 7.40. The monoisotopic (exact) mass is 210 g/mol. The van der Waals surface area contributed by atoms with Gasteiger partial charge in [-0.3, -0.25) is 0 Å². The Morgan fingerprint density at radius 3 is 2.47 bits per heavy atom. The molecule has 88 valence electrons. The van der Waals surface area contributed by atoms with E-state index in [2.05, 4.69) is 4.90 Å². The van der Waals surface area contributed by atoms with Gasteiger partial charge < -0.3 is 10.6 Å². The maximum absolute atomic E-state index is 5.69. The van der Waals surface area contributed by atoms with Gasteiger partial charge in [-0.25, -0.2) is 0 Å². The fourth-order valence-corrected chi connectivity index (χ4v) is 3.33. The molecule has 0 aromatic heterocycles. The molecule has 2 heteroatoms. The first-order valence-corrected chi connectivity index (χ1v) is 6.84. The molecule has 0 radical (unpaired) electrons. The van der Waals surface area contributed by atoms with Crippen molar-refractivity contribution in [1.29, 1.82) is 0 Å². The van der Waals surface area contributed by atoms with Crippen LogP contribution in [0.1, 0.15) is 51.4 Å². The van der Waals surface area contributed by atoms with E-state index in [0.29, 0.717) is 0 Å². The number of hydrogen-bond acceptors (Lipinski definition) is 2. The zero-order valence-corrected chi connectivity index (χ0v) is 9.96. The molecule has 2 nitrogen and oxygen atoms in total. The molecular formula is C13H26N2. The van der Waals surface area contributed by atoms with Gasteiger partial charge >= 0.3 is 0 Å². The van der Waals surface area contributed by atoms with Crippen LogP contribution in [0.25, 0.3) is 0 Å². The van der Waals surface area contributed by atoms with Gasteiger partial charge in [0.2, 0.25) is 0 Å². The lowest BCUT2D eigenvalue weighted by molar-refractivity contribution is 0.179. The van der Waals surface area contributed by atoms with Gasteiger partial charge in [0.15, 0.2) is 0 Å². The van der Waals surface area contributed by atoms with Crippen molar-refractivity contribution < 1.29 is 0 Å². The second-order valence-electron chi connectivity index (χ2n) is 5.37. The summed E-state index contributed by atoms with van der Waals surface area (Å²) in [5.41, 5.74) is 5.69. The molecule has 1 heterocycles. The third-order valence-electron chi connectivity index (χ3n) is 4.22. The number of likely N-dealkylation sites (tertiary alicyclic amines) is 1. The molecule has 1 aliphatic heterocycles. The highest BCUT2D eigenvalue weighted by Crippen LogP contribution is 2.28. The van der Waals surface area contributed by atoms with Crippen LogP contribution in [0.4, 0.5) is 0 Å². The second-order valence-corrected chi connectivity index (χ2v) is 5.37. The standard InChI is InChI=1S/C13H26N2/c14-9-8-12-5-3-4-10-15(11-12)13-6-1-2-7-13/h12-13H,1-11,14H2. The lowest BCUT2D eigenvalue weighted by atomic mass is 9.99. The minimum Gasteiger partial charge on any atom is -0.330 e. The van der Waals surface area contributed by atoms with Crippen molar-refractivity contribution in [3.63, 3.8) is 0 Å². The lowest BCUT2D eigenvalue weighted by Gasteiger charge is -2.29. The van der Waals surface area contributed by atoms with Crippen LogP contribution in [0.5, 0.6) is 0 Å². The summed E-state index contributed by atoms with van der Waals surface area (Å²) in [4.78, 5) is 2.78.